The molecule has 5 atom stereocenters. The Labute approximate surface area is 177 Å². The van der Waals surface area contributed by atoms with Gasteiger partial charge in [0.2, 0.25) is 0 Å². The fourth-order valence-electron chi connectivity index (χ4n) is 2.81. The van der Waals surface area contributed by atoms with Crippen molar-refractivity contribution < 1.29 is 33.7 Å². The molecule has 4 N–H and O–H groups in total. The number of para-hydroxylation sites is 1. The van der Waals surface area contributed by atoms with Crippen LogP contribution in [0.25, 0.3) is 0 Å². The SMILES string of the molecule is CC(C(=O)O)N(Oc1ccccc1)[P+](=O)OC[C@@H]1O[C@H](n2ccc(N)nc2=O)C[C@H]1O. The number of nitrogens with zero attached hydrogens (tertiary/aromatic N) is 3. The quantitative estimate of drug-likeness (QED) is 0.365. The summed E-state index contributed by atoms with van der Waals surface area (Å²) < 4.78 is 24.7. The van der Waals surface area contributed by atoms with E-state index >= 15 is 0 Å². The summed E-state index contributed by atoms with van der Waals surface area (Å²) in [7, 11) is -2.76. The molecule has 1 saturated heterocycles. The Morgan fingerprint density at radius 2 is 2.13 bits per heavy atom. The predicted octanol–water partition coefficient (Wildman–Crippen LogP) is 0.917. The maximum Gasteiger partial charge on any atom is 0.653 e. The minimum absolute atomic E-state index is 0.0581. The highest BCUT2D eigenvalue weighted by Crippen LogP contribution is 2.35. The molecular formula is C18H22N4O8P+. The van der Waals surface area contributed by atoms with Gasteiger partial charge in [0.15, 0.2) is 11.8 Å². The van der Waals surface area contributed by atoms with Crippen LogP contribution in [0.15, 0.2) is 47.4 Å². The van der Waals surface area contributed by atoms with Gasteiger partial charge in [0.25, 0.3) is 0 Å². The van der Waals surface area contributed by atoms with Crippen molar-refractivity contribution in [3.63, 3.8) is 0 Å². The summed E-state index contributed by atoms with van der Waals surface area (Å²) >= 11 is 0. The second kappa shape index (κ2) is 9.94. The molecule has 2 heterocycles. The second-order valence-corrected chi connectivity index (χ2v) is 7.86. The average molecular weight is 453 g/mol. The monoisotopic (exact) mass is 453 g/mol. The van der Waals surface area contributed by atoms with Gasteiger partial charge in [-0.05, 0) is 29.7 Å². The fraction of sp³-hybridized carbons (Fsp3) is 0.389. The van der Waals surface area contributed by atoms with Crippen LogP contribution in [-0.2, 0) is 18.6 Å². The van der Waals surface area contributed by atoms with Crippen LogP contribution in [0.2, 0.25) is 0 Å². The van der Waals surface area contributed by atoms with Crippen LogP contribution >= 0.6 is 8.18 Å². The number of hydrogen-bond acceptors (Lipinski definition) is 9. The summed E-state index contributed by atoms with van der Waals surface area (Å²) in [5, 5.41) is 19.5. The molecule has 0 aliphatic carbocycles. The highest BCUT2D eigenvalue weighted by atomic mass is 31.1. The number of carboxylic acids is 1. The number of anilines is 1. The van der Waals surface area contributed by atoms with Crippen LogP contribution in [0.5, 0.6) is 5.75 Å². The van der Waals surface area contributed by atoms with Gasteiger partial charge in [-0.1, -0.05) is 18.2 Å². The minimum Gasteiger partial charge on any atom is -0.480 e. The van der Waals surface area contributed by atoms with Gasteiger partial charge in [-0.2, -0.15) is 4.98 Å². The van der Waals surface area contributed by atoms with Crippen LogP contribution in [0.3, 0.4) is 0 Å². The Balaban J connectivity index is 1.64. The van der Waals surface area contributed by atoms with Gasteiger partial charge in [-0.3, -0.25) is 9.36 Å². The molecule has 0 radical (unpaired) electrons. The molecule has 1 aliphatic rings. The lowest BCUT2D eigenvalue weighted by atomic mass is 10.2. The molecule has 0 saturated carbocycles. The lowest BCUT2D eigenvalue weighted by molar-refractivity contribution is -0.148. The highest BCUT2D eigenvalue weighted by molar-refractivity contribution is 7.36. The number of ether oxygens (including phenoxy) is 1. The number of nitrogen functional groups attached to an aromatic ring is 1. The van der Waals surface area contributed by atoms with Crippen LogP contribution in [0, 0.1) is 0 Å². The zero-order chi connectivity index (χ0) is 22.5. The van der Waals surface area contributed by atoms with Crippen LogP contribution in [0.4, 0.5) is 5.82 Å². The maximum atomic E-state index is 12.6. The number of carboxylic acid groups (broad SMARTS) is 1. The Hall–Kier alpha value is -2.89. The van der Waals surface area contributed by atoms with Gasteiger partial charge in [0.05, 0.1) is 6.10 Å². The second-order valence-electron chi connectivity index (χ2n) is 6.73. The minimum atomic E-state index is -2.76. The molecule has 1 fully saturated rings. The molecule has 31 heavy (non-hydrogen) atoms. The summed E-state index contributed by atoms with van der Waals surface area (Å²) in [4.78, 5) is 33.1. The van der Waals surface area contributed by atoms with Crippen molar-refractivity contribution in [3.05, 3.63) is 53.1 Å². The normalized spacial score (nSPS) is 22.3. The molecule has 13 heteroatoms. The van der Waals surface area contributed by atoms with Gasteiger partial charge in [-0.15, -0.1) is 4.52 Å². The third-order valence-corrected chi connectivity index (χ3v) is 5.63. The summed E-state index contributed by atoms with van der Waals surface area (Å²) in [6.45, 7) is 0.963. The van der Waals surface area contributed by atoms with E-state index in [1.807, 2.05) is 0 Å². The van der Waals surface area contributed by atoms with Crippen LogP contribution < -0.4 is 16.3 Å². The van der Waals surface area contributed by atoms with Crippen LogP contribution in [-0.4, -0.2) is 55.4 Å². The number of benzene rings is 1. The number of aromatic nitrogens is 2. The Morgan fingerprint density at radius 1 is 1.42 bits per heavy atom. The molecule has 3 rings (SSSR count). The summed E-state index contributed by atoms with van der Waals surface area (Å²) in [6, 6.07) is 8.35. The zero-order valence-electron chi connectivity index (χ0n) is 16.5. The topological polar surface area (TPSA) is 166 Å². The Kier molecular flexibility index (Phi) is 7.31. The van der Waals surface area contributed by atoms with Crippen molar-refractivity contribution in [3.8, 4) is 5.75 Å². The van der Waals surface area contributed by atoms with Gasteiger partial charge in [0, 0.05) is 12.6 Å². The van der Waals surface area contributed by atoms with Gasteiger partial charge >= 0.3 is 19.8 Å². The van der Waals surface area contributed by atoms with E-state index in [2.05, 4.69) is 4.98 Å². The van der Waals surface area contributed by atoms with Crippen molar-refractivity contribution in [2.75, 3.05) is 12.3 Å². The average Bonchev–Trinajstić information content (AvgIpc) is 3.10. The molecule has 1 aliphatic heterocycles. The first-order valence-corrected chi connectivity index (χ1v) is 10.4. The van der Waals surface area contributed by atoms with E-state index in [1.54, 1.807) is 30.3 Å². The molecule has 1 aromatic carbocycles. The molecule has 0 spiro atoms. The number of hydrogen-bond donors (Lipinski definition) is 3. The summed E-state index contributed by atoms with van der Waals surface area (Å²) in [5.74, 6) is -0.937. The molecule has 0 bridgehead atoms. The van der Waals surface area contributed by atoms with E-state index in [4.69, 9.17) is 19.8 Å². The highest BCUT2D eigenvalue weighted by Gasteiger charge is 2.44. The number of nitrogens with two attached hydrogens (primary N) is 1. The zero-order valence-corrected chi connectivity index (χ0v) is 17.4. The number of aliphatic hydroxyl groups is 1. The van der Waals surface area contributed by atoms with E-state index in [0.717, 1.165) is 4.83 Å². The third kappa shape index (κ3) is 5.63. The van der Waals surface area contributed by atoms with E-state index in [9.17, 15) is 24.4 Å². The first-order chi connectivity index (χ1) is 14.8. The molecule has 1 aromatic heterocycles. The van der Waals surface area contributed by atoms with Crippen molar-refractivity contribution in [2.45, 2.75) is 37.8 Å². The first-order valence-electron chi connectivity index (χ1n) is 9.29. The van der Waals surface area contributed by atoms with E-state index in [1.165, 1.54) is 23.8 Å². The lowest BCUT2D eigenvalue weighted by Crippen LogP contribution is -2.37. The smallest absolute Gasteiger partial charge is 0.480 e. The summed E-state index contributed by atoms with van der Waals surface area (Å²) in [6.07, 6.45) is -1.26. The van der Waals surface area contributed by atoms with Crippen molar-refractivity contribution in [2.24, 2.45) is 0 Å². The Morgan fingerprint density at radius 3 is 2.77 bits per heavy atom. The Bertz CT molecular complexity index is 988. The predicted molar refractivity (Wildman–Crippen MR) is 107 cm³/mol. The number of aliphatic hydroxyl groups excluding tert-OH is 1. The molecule has 166 valence electrons. The molecule has 2 unspecified atom stereocenters. The number of rotatable bonds is 9. The van der Waals surface area contributed by atoms with Gasteiger partial charge in [-0.25, -0.2) is 4.79 Å². The van der Waals surface area contributed by atoms with Gasteiger partial charge < -0.3 is 25.5 Å². The largest absolute Gasteiger partial charge is 0.653 e. The molecule has 12 nitrogen and oxygen atoms in total. The standard InChI is InChI=1S/C18H21N4O8P/c1-11(17(24)25)22(30-12-5-3-2-4-6-12)31(27)28-10-14-13(23)9-16(29-14)21-8-7-15(19)20-18(21)26/h2-8,11,13-14,16,23H,9-10H2,1H3,(H2-,19,20,24,25,26)/p+1/t11?,13-,14+,16+/m1/s1. The van der Waals surface area contributed by atoms with Crippen molar-refractivity contribution >= 4 is 20.0 Å². The number of aliphatic carboxylic acids is 1. The molecule has 0 amide bonds. The van der Waals surface area contributed by atoms with Crippen molar-refractivity contribution in [1.82, 2.24) is 14.4 Å². The van der Waals surface area contributed by atoms with Gasteiger partial charge in [0.1, 0.15) is 29.6 Å². The van der Waals surface area contributed by atoms with Crippen LogP contribution in [0.1, 0.15) is 19.6 Å². The van der Waals surface area contributed by atoms with E-state index in [-0.39, 0.29) is 24.6 Å². The number of carbonyl (C=O) groups is 1. The lowest BCUT2D eigenvalue weighted by Gasteiger charge is -2.16. The molecule has 2 aromatic rings. The van der Waals surface area contributed by atoms with Crippen molar-refractivity contribution in [1.29, 1.82) is 0 Å². The molecular weight excluding hydrogens is 431 g/mol. The number of hydroxylamine groups is 1. The first kappa shape index (κ1) is 22.8. The summed E-state index contributed by atoms with van der Waals surface area (Å²) in [5.41, 5.74) is 4.83. The fourth-order valence-corrected chi connectivity index (χ4v) is 3.74. The maximum absolute atomic E-state index is 12.6. The third-order valence-electron chi connectivity index (χ3n) is 4.51. The van der Waals surface area contributed by atoms with E-state index in [0.29, 0.717) is 0 Å². The van der Waals surface area contributed by atoms with E-state index < -0.39 is 44.3 Å².